The summed E-state index contributed by atoms with van der Waals surface area (Å²) in [6.07, 6.45) is -6.70. The van der Waals surface area contributed by atoms with E-state index in [1.165, 1.54) is 18.2 Å². The Hall–Kier alpha value is -3.23. The highest BCUT2D eigenvalue weighted by Crippen LogP contribution is 2.34. The summed E-state index contributed by atoms with van der Waals surface area (Å²) in [7, 11) is 0. The van der Waals surface area contributed by atoms with Crippen LogP contribution in [0.2, 0.25) is 0 Å². The predicted octanol–water partition coefficient (Wildman–Crippen LogP) is 1.86. The highest BCUT2D eigenvalue weighted by Gasteiger charge is 2.40. The molecule has 1 N–H and O–H groups in total. The number of nitrogens with one attached hydrogen (secondary N) is 1. The Morgan fingerprint density at radius 2 is 1.88 bits per heavy atom. The number of nitrogens with zero attached hydrogens (tertiary/aromatic N) is 2. The first-order valence-electron chi connectivity index (χ1n) is 14.1. The maximum Gasteiger partial charge on any atom is 0.255 e. The molecule has 0 spiro atoms. The molecule has 2 aromatic rings. The Bertz CT molecular complexity index is 1370. The minimum absolute atomic E-state index is 0.0538. The molecule has 3 aliphatic rings. The number of piperidine rings is 1. The van der Waals surface area contributed by atoms with E-state index in [4.69, 9.17) is 19.1 Å². The third kappa shape index (κ3) is 4.62. The van der Waals surface area contributed by atoms with E-state index in [2.05, 4.69) is 4.90 Å². The van der Waals surface area contributed by atoms with Crippen LogP contribution in [-0.2, 0) is 34.0 Å². The molecule has 0 aromatic heterocycles. The number of carbonyl (C=O) groups excluding carboxylic acids is 3. The average Bonchev–Trinajstić information content (AvgIpc) is 3.25. The van der Waals surface area contributed by atoms with E-state index in [-0.39, 0.29) is 22.4 Å². The van der Waals surface area contributed by atoms with Gasteiger partial charge in [-0.2, -0.15) is 0 Å². The van der Waals surface area contributed by atoms with Crippen LogP contribution in [0.1, 0.15) is 49.4 Å². The molecular formula is C25H27N3O5. The minimum atomic E-state index is -3.41. The molecule has 0 saturated carbocycles. The topological polar surface area (TPSA) is 88.2 Å². The highest BCUT2D eigenvalue weighted by atomic mass is 16.5. The molecule has 5 rings (SSSR count). The molecule has 8 nitrogen and oxygen atoms in total. The van der Waals surface area contributed by atoms with Crippen molar-refractivity contribution in [1.82, 2.24) is 15.1 Å². The van der Waals surface area contributed by atoms with Crippen LogP contribution in [0, 0.1) is 0 Å². The maximum absolute atomic E-state index is 13.3. The summed E-state index contributed by atoms with van der Waals surface area (Å²) in [5.74, 6) is -4.03. The number of imide groups is 1. The summed E-state index contributed by atoms with van der Waals surface area (Å²) in [5.41, 5.74) is 1.25. The number of hydrogen-bond donors (Lipinski definition) is 1. The first kappa shape index (κ1) is 14.8. The molecule has 2 aromatic carbocycles. The number of fused-ring (bicyclic) bond motifs is 1. The van der Waals surface area contributed by atoms with Crippen LogP contribution in [0.3, 0.4) is 0 Å². The fourth-order valence-corrected chi connectivity index (χ4v) is 3.95. The van der Waals surface area contributed by atoms with Crippen molar-refractivity contribution in [2.24, 2.45) is 0 Å². The second-order valence-corrected chi connectivity index (χ2v) is 7.84. The van der Waals surface area contributed by atoms with Gasteiger partial charge in [-0.3, -0.25) is 24.6 Å². The van der Waals surface area contributed by atoms with E-state index < -0.39 is 49.6 Å². The van der Waals surface area contributed by atoms with Crippen LogP contribution >= 0.6 is 0 Å². The van der Waals surface area contributed by atoms with Crippen molar-refractivity contribution in [3.63, 3.8) is 0 Å². The Kier molecular flexibility index (Phi) is 4.19. The van der Waals surface area contributed by atoms with Crippen LogP contribution in [0.15, 0.2) is 42.5 Å². The fraction of sp³-hybridized carbons (Fsp3) is 0.400. The van der Waals surface area contributed by atoms with E-state index in [0.29, 0.717) is 24.7 Å². The number of rotatable bonds is 6. The van der Waals surface area contributed by atoms with Crippen LogP contribution in [0.4, 0.5) is 0 Å². The van der Waals surface area contributed by atoms with Crippen molar-refractivity contribution in [2.75, 3.05) is 26.3 Å². The molecule has 3 aliphatic heterocycles. The van der Waals surface area contributed by atoms with Gasteiger partial charge in [-0.1, -0.05) is 30.3 Å². The molecule has 0 bridgehead atoms. The zero-order chi connectivity index (χ0) is 29.1. The van der Waals surface area contributed by atoms with Crippen molar-refractivity contribution < 1.29 is 33.5 Å². The van der Waals surface area contributed by atoms with Crippen LogP contribution in [-0.4, -0.2) is 59.8 Å². The van der Waals surface area contributed by atoms with Gasteiger partial charge in [0, 0.05) is 42.6 Å². The van der Waals surface area contributed by atoms with E-state index in [9.17, 15) is 14.4 Å². The van der Waals surface area contributed by atoms with Crippen molar-refractivity contribution in [3.05, 3.63) is 64.7 Å². The Morgan fingerprint density at radius 3 is 2.67 bits per heavy atom. The third-order valence-electron chi connectivity index (χ3n) is 5.67. The zero-order valence-corrected chi connectivity index (χ0v) is 17.7. The van der Waals surface area contributed by atoms with Gasteiger partial charge in [0.25, 0.3) is 5.91 Å². The molecule has 8 heteroatoms. The van der Waals surface area contributed by atoms with Crippen LogP contribution < -0.4 is 10.1 Å². The molecule has 172 valence electrons. The molecular weight excluding hydrogens is 422 g/mol. The van der Waals surface area contributed by atoms with Crippen molar-refractivity contribution in [1.29, 1.82) is 0 Å². The minimum Gasteiger partial charge on any atom is -0.489 e. The van der Waals surface area contributed by atoms with Gasteiger partial charge in [-0.15, -0.1) is 0 Å². The second kappa shape index (κ2) is 9.33. The molecule has 2 saturated heterocycles. The van der Waals surface area contributed by atoms with Gasteiger partial charge in [0.05, 0.1) is 23.9 Å². The fourth-order valence-electron chi connectivity index (χ4n) is 3.95. The van der Waals surface area contributed by atoms with Gasteiger partial charge in [0.15, 0.2) is 0 Å². The lowest BCUT2D eigenvalue weighted by Gasteiger charge is -2.29. The number of amides is 3. The molecule has 0 radical (unpaired) electrons. The molecule has 33 heavy (non-hydrogen) atoms. The molecule has 3 heterocycles. The quantitative estimate of drug-likeness (QED) is 0.668. The number of morpholine rings is 1. The Balaban J connectivity index is 1.39. The van der Waals surface area contributed by atoms with Crippen molar-refractivity contribution in [3.8, 4) is 5.75 Å². The normalized spacial score (nSPS) is 30.0. The maximum atomic E-state index is 13.3. The van der Waals surface area contributed by atoms with E-state index >= 15 is 0 Å². The highest BCUT2D eigenvalue weighted by molar-refractivity contribution is 6.05. The summed E-state index contributed by atoms with van der Waals surface area (Å²) in [6.45, 7) is 0.753. The van der Waals surface area contributed by atoms with Gasteiger partial charge in [-0.05, 0) is 29.6 Å². The summed E-state index contributed by atoms with van der Waals surface area (Å²) in [4.78, 5) is 40.8. The van der Waals surface area contributed by atoms with Gasteiger partial charge < -0.3 is 14.4 Å². The predicted molar refractivity (Wildman–Crippen MR) is 119 cm³/mol. The lowest BCUT2D eigenvalue weighted by atomic mass is 10.0. The first-order valence-corrected chi connectivity index (χ1v) is 10.6. The van der Waals surface area contributed by atoms with Gasteiger partial charge in [0.2, 0.25) is 11.8 Å². The van der Waals surface area contributed by atoms with Crippen LogP contribution in [0.25, 0.3) is 0 Å². The van der Waals surface area contributed by atoms with E-state index in [1.807, 2.05) is 0 Å². The standard InChI is InChI=1S/C25H27N3O5/c29-23-9-8-21(24(30)26-23)28-15-20-19(25(28)31)2-1-3-22(20)33-16-18-6-4-17(5-7-18)14-27-10-12-32-13-11-27/h1-7,21H,8-16H2,(H,26,29,30)/i8D2,9D2,16D2,21D. The number of hydrogen-bond acceptors (Lipinski definition) is 6. The average molecular weight is 457 g/mol. The number of ether oxygens (including phenoxy) is 2. The van der Waals surface area contributed by atoms with Gasteiger partial charge in [0.1, 0.15) is 18.3 Å². The molecule has 1 unspecified atom stereocenters. The molecule has 3 amide bonds. The van der Waals surface area contributed by atoms with Gasteiger partial charge in [-0.25, -0.2) is 0 Å². The molecule has 0 aliphatic carbocycles. The van der Waals surface area contributed by atoms with Crippen LogP contribution in [0.5, 0.6) is 5.75 Å². The molecule has 2 fully saturated rings. The monoisotopic (exact) mass is 456 g/mol. The zero-order valence-electron chi connectivity index (χ0n) is 24.7. The summed E-state index contributed by atoms with van der Waals surface area (Å²) in [5, 5.41) is 1.67. The van der Waals surface area contributed by atoms with Gasteiger partial charge >= 0.3 is 0 Å². The SMILES string of the molecule is [2H]C([2H])(Oc1cccc2c1CN(C1([2H])C(=O)NC(=O)C([2H])([2H])C1([2H])[2H])C2=O)c1ccc(CN2CCOCC2)cc1. The second-order valence-electron chi connectivity index (χ2n) is 7.84. The van der Waals surface area contributed by atoms with E-state index in [1.54, 1.807) is 29.6 Å². The van der Waals surface area contributed by atoms with Crippen molar-refractivity contribution in [2.45, 2.75) is 38.4 Å². The third-order valence-corrected chi connectivity index (χ3v) is 5.67. The summed E-state index contributed by atoms with van der Waals surface area (Å²) < 4.78 is 69.2. The first-order chi connectivity index (χ1) is 18.7. The summed E-state index contributed by atoms with van der Waals surface area (Å²) >= 11 is 0. The lowest BCUT2D eigenvalue weighted by molar-refractivity contribution is -0.136. The Labute approximate surface area is 202 Å². The Morgan fingerprint density at radius 1 is 1.12 bits per heavy atom. The lowest BCUT2D eigenvalue weighted by Crippen LogP contribution is -2.52. The van der Waals surface area contributed by atoms with Crippen molar-refractivity contribution >= 4 is 17.7 Å². The van der Waals surface area contributed by atoms with E-state index in [0.717, 1.165) is 18.7 Å². The number of carbonyl (C=O) groups is 3. The largest absolute Gasteiger partial charge is 0.489 e. The number of benzene rings is 2. The molecule has 1 atom stereocenters. The summed E-state index contributed by atoms with van der Waals surface area (Å²) in [6, 6.07) is 7.88. The smallest absolute Gasteiger partial charge is 0.255 e.